The van der Waals surface area contributed by atoms with Gasteiger partial charge in [0.05, 0.1) is 0 Å². The Bertz CT molecular complexity index is 262. The molecule has 0 aliphatic carbocycles. The Morgan fingerprint density at radius 3 is 2.67 bits per heavy atom. The highest BCUT2D eigenvalue weighted by Crippen LogP contribution is 2.24. The van der Waals surface area contributed by atoms with Crippen molar-refractivity contribution in [2.75, 3.05) is 12.8 Å². The van der Waals surface area contributed by atoms with E-state index in [1.165, 1.54) is 11.3 Å². The molecule has 3 heteroatoms. The normalized spacial score (nSPS) is 14.1. The molecule has 15 heavy (non-hydrogen) atoms. The molecule has 0 aromatic carbocycles. The van der Waals surface area contributed by atoms with Crippen LogP contribution >= 0.6 is 23.1 Å². The van der Waals surface area contributed by atoms with Gasteiger partial charge in [-0.15, -0.1) is 0 Å². The molecule has 0 saturated carbocycles. The van der Waals surface area contributed by atoms with Crippen LogP contribution in [-0.2, 0) is 6.42 Å². The van der Waals surface area contributed by atoms with Crippen LogP contribution in [0.5, 0.6) is 0 Å². The molecule has 1 nitrogen and oxygen atoms in total. The summed E-state index contributed by atoms with van der Waals surface area (Å²) < 4.78 is 0.365. The van der Waals surface area contributed by atoms with Crippen LogP contribution in [0.15, 0.2) is 16.8 Å². The maximum Gasteiger partial charge on any atom is 0.0196 e. The van der Waals surface area contributed by atoms with Crippen molar-refractivity contribution in [2.45, 2.75) is 38.0 Å². The summed E-state index contributed by atoms with van der Waals surface area (Å²) in [5.41, 5.74) is 1.45. The fourth-order valence-electron chi connectivity index (χ4n) is 1.29. The van der Waals surface area contributed by atoms with Gasteiger partial charge in [-0.05, 0) is 35.9 Å². The lowest BCUT2D eigenvalue weighted by atomic mass is 10.1. The summed E-state index contributed by atoms with van der Waals surface area (Å²) >= 11 is 3.81. The Balaban J connectivity index is 2.36. The number of thiophene rings is 1. The smallest absolute Gasteiger partial charge is 0.0196 e. The third-order valence-corrected chi connectivity index (χ3v) is 4.36. The average Bonchev–Trinajstić information content (AvgIpc) is 2.63. The van der Waals surface area contributed by atoms with Crippen LogP contribution in [0, 0.1) is 0 Å². The second-order valence-corrected chi connectivity index (χ2v) is 7.37. The van der Waals surface area contributed by atoms with E-state index >= 15 is 0 Å². The zero-order valence-electron chi connectivity index (χ0n) is 10.0. The van der Waals surface area contributed by atoms with Gasteiger partial charge in [-0.25, -0.2) is 0 Å². The minimum absolute atomic E-state index is 0.365. The minimum Gasteiger partial charge on any atom is -0.316 e. The monoisotopic (exact) mass is 243 g/mol. The third kappa shape index (κ3) is 5.59. The Labute approximate surface area is 102 Å². The van der Waals surface area contributed by atoms with Crippen LogP contribution in [-0.4, -0.2) is 23.6 Å². The Hall–Kier alpha value is 0.01000. The first-order valence-corrected chi connectivity index (χ1v) is 7.26. The van der Waals surface area contributed by atoms with Crippen LogP contribution in [0.2, 0.25) is 0 Å². The number of thioether (sulfide) groups is 1. The van der Waals surface area contributed by atoms with E-state index in [0.717, 1.165) is 6.42 Å². The molecule has 0 aliphatic rings. The fourth-order valence-corrected chi connectivity index (χ4v) is 2.96. The first-order chi connectivity index (χ1) is 7.01. The van der Waals surface area contributed by atoms with E-state index in [2.05, 4.69) is 50.0 Å². The van der Waals surface area contributed by atoms with Gasteiger partial charge in [0, 0.05) is 16.5 Å². The van der Waals surface area contributed by atoms with Crippen LogP contribution in [0.3, 0.4) is 0 Å². The van der Waals surface area contributed by atoms with Crippen molar-refractivity contribution in [3.05, 3.63) is 22.4 Å². The van der Waals surface area contributed by atoms with E-state index in [1.54, 1.807) is 11.3 Å². The molecule has 0 aliphatic heterocycles. The van der Waals surface area contributed by atoms with Crippen LogP contribution in [0.1, 0.15) is 26.3 Å². The molecular formula is C12H21NS2. The predicted molar refractivity (Wildman–Crippen MR) is 73.1 cm³/mol. The van der Waals surface area contributed by atoms with Gasteiger partial charge in [0.2, 0.25) is 0 Å². The third-order valence-electron chi connectivity index (χ3n) is 2.19. The summed E-state index contributed by atoms with van der Waals surface area (Å²) in [4.78, 5) is 0. The number of nitrogens with one attached hydrogen (secondary N) is 1. The average molecular weight is 243 g/mol. The zero-order chi connectivity index (χ0) is 11.3. The molecule has 0 amide bonds. The SMILES string of the molecule is CNC(CSC(C)(C)C)Cc1ccsc1. The molecule has 0 spiro atoms. The van der Waals surface area contributed by atoms with Gasteiger partial charge in [0.25, 0.3) is 0 Å². The molecule has 1 aromatic heterocycles. The van der Waals surface area contributed by atoms with E-state index in [4.69, 9.17) is 0 Å². The molecule has 1 rings (SSSR count). The maximum absolute atomic E-state index is 3.40. The van der Waals surface area contributed by atoms with Gasteiger partial charge < -0.3 is 5.32 Å². The zero-order valence-corrected chi connectivity index (χ0v) is 11.7. The summed E-state index contributed by atoms with van der Waals surface area (Å²) in [5.74, 6) is 1.18. The van der Waals surface area contributed by atoms with Crippen molar-refractivity contribution >= 4 is 23.1 Å². The molecule has 0 bridgehead atoms. The predicted octanol–water partition coefficient (Wildman–Crippen LogP) is 3.41. The van der Waals surface area contributed by atoms with Crippen molar-refractivity contribution < 1.29 is 0 Å². The first-order valence-electron chi connectivity index (χ1n) is 5.33. The van der Waals surface area contributed by atoms with Gasteiger partial charge in [0.15, 0.2) is 0 Å². The summed E-state index contributed by atoms with van der Waals surface area (Å²) in [5, 5.41) is 7.79. The quantitative estimate of drug-likeness (QED) is 0.850. The Morgan fingerprint density at radius 2 is 2.20 bits per heavy atom. The molecule has 1 heterocycles. The number of likely N-dealkylation sites (N-methyl/N-ethyl adjacent to an activating group) is 1. The topological polar surface area (TPSA) is 12.0 Å². The van der Waals surface area contributed by atoms with E-state index in [0.29, 0.717) is 10.8 Å². The van der Waals surface area contributed by atoms with Gasteiger partial charge in [-0.1, -0.05) is 20.8 Å². The van der Waals surface area contributed by atoms with Gasteiger partial charge in [-0.3, -0.25) is 0 Å². The molecule has 1 aromatic rings. The summed E-state index contributed by atoms with van der Waals surface area (Å²) in [7, 11) is 2.06. The van der Waals surface area contributed by atoms with E-state index in [9.17, 15) is 0 Å². The highest BCUT2D eigenvalue weighted by Gasteiger charge is 2.14. The maximum atomic E-state index is 3.40. The largest absolute Gasteiger partial charge is 0.316 e. The molecule has 86 valence electrons. The summed E-state index contributed by atoms with van der Waals surface area (Å²) in [6.07, 6.45) is 1.14. The van der Waals surface area contributed by atoms with E-state index in [1.807, 2.05) is 11.8 Å². The number of rotatable bonds is 5. The van der Waals surface area contributed by atoms with Crippen molar-refractivity contribution in [1.29, 1.82) is 0 Å². The molecule has 1 N–H and O–H groups in total. The van der Waals surface area contributed by atoms with Crippen LogP contribution in [0.25, 0.3) is 0 Å². The second kappa shape index (κ2) is 5.92. The molecule has 0 saturated heterocycles. The lowest BCUT2D eigenvalue weighted by Gasteiger charge is -2.22. The lowest BCUT2D eigenvalue weighted by Crippen LogP contribution is -2.31. The first kappa shape index (κ1) is 13.1. The number of hydrogen-bond acceptors (Lipinski definition) is 3. The molecule has 0 radical (unpaired) electrons. The highest BCUT2D eigenvalue weighted by molar-refractivity contribution is 8.00. The Kier molecular flexibility index (Phi) is 5.16. The van der Waals surface area contributed by atoms with E-state index < -0.39 is 0 Å². The number of hydrogen-bond donors (Lipinski definition) is 1. The highest BCUT2D eigenvalue weighted by atomic mass is 32.2. The van der Waals surface area contributed by atoms with Crippen molar-refractivity contribution in [1.82, 2.24) is 5.32 Å². The van der Waals surface area contributed by atoms with Crippen LogP contribution < -0.4 is 5.32 Å². The van der Waals surface area contributed by atoms with Gasteiger partial charge in [0.1, 0.15) is 0 Å². The molecule has 1 unspecified atom stereocenters. The van der Waals surface area contributed by atoms with Crippen molar-refractivity contribution in [3.63, 3.8) is 0 Å². The van der Waals surface area contributed by atoms with Crippen molar-refractivity contribution in [3.8, 4) is 0 Å². The molecular weight excluding hydrogens is 222 g/mol. The van der Waals surface area contributed by atoms with E-state index in [-0.39, 0.29) is 0 Å². The van der Waals surface area contributed by atoms with Gasteiger partial charge in [-0.2, -0.15) is 23.1 Å². The summed E-state index contributed by atoms with van der Waals surface area (Å²) in [6.45, 7) is 6.82. The van der Waals surface area contributed by atoms with Crippen molar-refractivity contribution in [2.24, 2.45) is 0 Å². The molecule has 0 fully saturated rings. The minimum atomic E-state index is 0.365. The van der Waals surface area contributed by atoms with Gasteiger partial charge >= 0.3 is 0 Å². The molecule has 1 atom stereocenters. The summed E-state index contributed by atoms with van der Waals surface area (Å²) in [6, 6.07) is 2.81. The Morgan fingerprint density at radius 1 is 1.47 bits per heavy atom. The second-order valence-electron chi connectivity index (χ2n) is 4.74. The van der Waals surface area contributed by atoms with Crippen LogP contribution in [0.4, 0.5) is 0 Å². The standard InChI is InChI=1S/C12H21NS2/c1-12(2,3)15-9-11(13-4)7-10-5-6-14-8-10/h5-6,8,11,13H,7,9H2,1-4H3. The lowest BCUT2D eigenvalue weighted by molar-refractivity contribution is 0.614. The fraction of sp³-hybridized carbons (Fsp3) is 0.667.